The van der Waals surface area contributed by atoms with Crippen molar-refractivity contribution in [3.63, 3.8) is 0 Å². The average Bonchev–Trinajstić information content (AvgIpc) is 1.11. The first-order chi connectivity index (χ1) is 66.4. The molecule has 0 bridgehead atoms. The van der Waals surface area contributed by atoms with Gasteiger partial charge in [0.05, 0.1) is 0 Å². The van der Waals surface area contributed by atoms with E-state index in [0.29, 0.717) is 0 Å². The van der Waals surface area contributed by atoms with Gasteiger partial charge in [0, 0.05) is 648 Å². The van der Waals surface area contributed by atoms with E-state index in [1.807, 2.05) is 0 Å². The minimum atomic E-state index is 2.37. The zero-order valence-corrected chi connectivity index (χ0v) is 66.9. The lowest BCUT2D eigenvalue weighted by Crippen LogP contribution is -1.26. The van der Waals surface area contributed by atoms with E-state index < -0.39 is 0 Å². The van der Waals surface area contributed by atoms with E-state index in [-0.39, 0.29) is 0 Å². The van der Waals surface area contributed by atoms with E-state index >= 15 is 0 Å². The van der Waals surface area contributed by atoms with E-state index in [1.54, 1.807) is 0 Å². The summed E-state index contributed by atoms with van der Waals surface area (Å²) in [5, 5.41) is 0. The van der Waals surface area contributed by atoms with Crippen LogP contribution in [0.5, 0.6) is 0 Å². The molecule has 0 aliphatic carbocycles. The van der Waals surface area contributed by atoms with Gasteiger partial charge >= 0.3 is 0 Å². The zero-order valence-electron chi connectivity index (χ0n) is 66.9. The molecule has 0 aromatic heterocycles. The molecule has 0 saturated carbocycles. The minimum absolute atomic E-state index is 2.37. The lowest BCUT2D eigenvalue weighted by molar-refractivity contribution is 2.10. The molecule has 0 saturated heterocycles. The molecule has 0 fully saturated rings. The molecule has 0 aliphatic heterocycles. The van der Waals surface area contributed by atoms with Gasteiger partial charge in [0.1, 0.15) is 0 Å². The highest BCUT2D eigenvalue weighted by molar-refractivity contribution is 5.05. The SMILES string of the molecule is C=C=C=C=C=C=C=C=C=C=C=C=C=C=C=C=C=C=C=C=C=C=C=C=C=C=C=C=C=C=C=C=C=C=C=C=C=C=C=C=C=C=C=C=C=C=C=C=C=C=C=C=C=C=C=C=C=C=C=C=C=C=C=C=C=C=C=C=C=C=C=C=C=C=C=C=C=C=C=C=C=C=C=C=C=C=C=C=C=C=C=C=C=C=C=C=C=C=C=C=C=C=C=C=C=C=C=C=C=C=C=C=C=C=C=C=C=C=C=C=C=C=C=C=C=C=C=C=C=C=C=C=C. The summed E-state index contributed by atoms with van der Waals surface area (Å²) in [6.45, 7) is 6.64. The van der Waals surface area contributed by atoms with Crippen molar-refractivity contribution in [3.05, 3.63) is 764 Å². The van der Waals surface area contributed by atoms with Crippen LogP contribution in [0.2, 0.25) is 0 Å². The van der Waals surface area contributed by atoms with Crippen LogP contribution in [-0.2, 0) is 0 Å². The minimum Gasteiger partial charge on any atom is -0.0687 e. The summed E-state index contributed by atoms with van der Waals surface area (Å²) < 4.78 is 0. The van der Waals surface area contributed by atoms with Crippen molar-refractivity contribution in [3.8, 4) is 0 Å². The highest BCUT2D eigenvalue weighted by Gasteiger charge is 1.54. The van der Waals surface area contributed by atoms with E-state index in [0.717, 1.165) is 0 Å². The van der Waals surface area contributed by atoms with Gasteiger partial charge in [0.25, 0.3) is 0 Å². The van der Waals surface area contributed by atoms with Crippen molar-refractivity contribution < 1.29 is 0 Å². The molecule has 0 radical (unpaired) electrons. The van der Waals surface area contributed by atoms with E-state index in [4.69, 9.17) is 0 Å². The normalized spacial score (nSPS) is 3.97. The summed E-state index contributed by atoms with van der Waals surface area (Å²) in [7, 11) is 0. The van der Waals surface area contributed by atoms with Crippen LogP contribution in [-0.4, -0.2) is 0 Å². The molecule has 536 valence electrons. The molecule has 0 rings (SSSR count). The number of rotatable bonds is 0. The van der Waals surface area contributed by atoms with Crippen LogP contribution in [0.4, 0.5) is 0 Å². The Kier molecular flexibility index (Phi) is 80.4. The predicted molar refractivity (Wildman–Crippen MR) is 471 cm³/mol. The third-order valence-corrected chi connectivity index (χ3v) is 8.18. The van der Waals surface area contributed by atoms with Crippen LogP contribution in [0.15, 0.2) is 764 Å². The highest BCUT2D eigenvalue weighted by Crippen LogP contribution is 1.70. The number of hydrogen-bond donors (Lipinski definition) is 0. The number of hydrogen-bond acceptors (Lipinski definition) is 0. The Morgan fingerprint density at radius 1 is 0.0376 bits per heavy atom. The van der Waals surface area contributed by atoms with Crippen molar-refractivity contribution in [2.24, 2.45) is 0 Å². The topological polar surface area (TPSA) is 0 Å². The van der Waals surface area contributed by atoms with Crippen molar-refractivity contribution in [1.82, 2.24) is 0 Å². The molecule has 0 aromatic rings. The first-order valence-corrected chi connectivity index (χ1v) is 33.2. The van der Waals surface area contributed by atoms with Crippen LogP contribution in [0.1, 0.15) is 0 Å². The lowest BCUT2D eigenvalue weighted by Gasteiger charge is -1.41. The molecule has 0 N–H and O–H groups in total. The summed E-state index contributed by atoms with van der Waals surface area (Å²) >= 11 is 0. The molecule has 0 nitrogen and oxygen atoms in total. The standard InChI is InChI=1S/C133H4/c1-3-5-7-9-11-13-15-17-19-21-23-25-27-29-31-33-35-37-39-41-43-45-47-49-51-53-55-57-59-61-63-65-67-69-71-73-75-77-79-81-83-85-87-89-91-93-95-97-99-101-103-105-107-109-111-113-115-117-119-121-123-125-127-129-131-133-132-130-128-126-124-122-120-118-116-114-112-110-108-106-104-102-100-98-96-94-92-90-88-86-84-82-80-78-76-74-72-70-68-66-64-62-60-58-56-54-52-50-48-46-44-42-40-38-36-34-32-30-28-26-24-22-20-18-16-14-12-10-8-6-4-2/h1-2H2. The molecule has 0 atom stereocenters. The van der Waals surface area contributed by atoms with Gasteiger partial charge in [-0.05, 0) is 105 Å². The fourth-order valence-electron chi connectivity index (χ4n) is 4.06. The van der Waals surface area contributed by atoms with E-state index in [9.17, 15) is 0 Å². The zero-order chi connectivity index (χ0) is 94.6. The largest absolute Gasteiger partial charge is 0.0687 e. The Hall–Kier alpha value is -29.1. The van der Waals surface area contributed by atoms with E-state index in [1.165, 1.54) is 0 Å². The fraction of sp³-hybridized carbons (Fsp3) is 0. The second kappa shape index (κ2) is 103. The molecule has 0 aromatic carbocycles. The molecule has 133 heavy (non-hydrogen) atoms. The Labute approximate surface area is 758 Å². The monoisotopic (exact) mass is 1600 g/mol. The molecule has 0 heteroatoms. The van der Waals surface area contributed by atoms with Crippen molar-refractivity contribution >= 4 is 0 Å². The van der Waals surface area contributed by atoms with Crippen LogP contribution in [0, 0.1) is 0 Å². The van der Waals surface area contributed by atoms with Crippen LogP contribution < -0.4 is 0 Å². The van der Waals surface area contributed by atoms with Gasteiger partial charge in [0.2, 0.25) is 0 Å². The van der Waals surface area contributed by atoms with Gasteiger partial charge < -0.3 is 0 Å². The maximum absolute atomic E-state index is 3.32. The molecular weight excluding hydrogens is 1600 g/mol. The van der Waals surface area contributed by atoms with Gasteiger partial charge in [0.15, 0.2) is 0 Å². The van der Waals surface area contributed by atoms with Crippen molar-refractivity contribution in [2.75, 3.05) is 0 Å². The first kappa shape index (κ1) is 104. The average molecular weight is 1600 g/mol. The quantitative estimate of drug-likeness (QED) is 0.212. The van der Waals surface area contributed by atoms with Gasteiger partial charge in [-0.2, -0.15) is 0 Å². The third-order valence-electron chi connectivity index (χ3n) is 8.18. The Morgan fingerprint density at radius 2 is 0.0602 bits per heavy atom. The Bertz CT molecular complexity index is 9900. The summed E-state index contributed by atoms with van der Waals surface area (Å²) in [6.07, 6.45) is 0. The summed E-state index contributed by atoms with van der Waals surface area (Å²) in [4.78, 5) is 0. The maximum atomic E-state index is 3.32. The van der Waals surface area contributed by atoms with Crippen molar-refractivity contribution in [1.29, 1.82) is 0 Å². The Balaban J connectivity index is 6.21. The van der Waals surface area contributed by atoms with Gasteiger partial charge in [-0.1, -0.05) is 11.5 Å². The molecular formula is C133H4. The summed E-state index contributed by atoms with van der Waals surface area (Å²) in [6, 6.07) is 0. The molecule has 0 amide bonds. The highest BCUT2D eigenvalue weighted by atomic mass is 13.6. The van der Waals surface area contributed by atoms with Gasteiger partial charge in [-0.3, -0.25) is 0 Å². The second-order valence-electron chi connectivity index (χ2n) is 16.5. The molecule has 0 aliphatic rings. The van der Waals surface area contributed by atoms with E-state index in [2.05, 4.69) is 764 Å². The Morgan fingerprint density at radius 3 is 0.0827 bits per heavy atom. The fourth-order valence-corrected chi connectivity index (χ4v) is 4.06. The van der Waals surface area contributed by atoms with Crippen LogP contribution in [0.3, 0.4) is 0 Å². The summed E-state index contributed by atoms with van der Waals surface area (Å²) in [5.41, 5.74) is 327. The third kappa shape index (κ3) is 103. The van der Waals surface area contributed by atoms with Gasteiger partial charge in [-0.15, -0.1) is 0 Å². The van der Waals surface area contributed by atoms with Crippen LogP contribution >= 0.6 is 0 Å². The van der Waals surface area contributed by atoms with Crippen molar-refractivity contribution in [2.45, 2.75) is 0 Å². The second-order valence-corrected chi connectivity index (χ2v) is 16.5. The first-order valence-electron chi connectivity index (χ1n) is 33.2. The van der Waals surface area contributed by atoms with Crippen LogP contribution in [0.25, 0.3) is 0 Å². The smallest absolute Gasteiger partial charge is 0 e. The lowest BCUT2D eigenvalue weighted by atomic mass is 10.6. The predicted octanol–water partition coefficient (Wildman–Crippen LogP) is 21.1. The molecule has 0 heterocycles. The summed E-state index contributed by atoms with van der Waals surface area (Å²) in [5.74, 6) is 0. The molecule has 0 spiro atoms. The van der Waals surface area contributed by atoms with Gasteiger partial charge in [-0.25, -0.2) is 0 Å². The molecule has 0 unspecified atom stereocenters. The maximum Gasteiger partial charge on any atom is 0 e.